The number of carbonyl (C=O) groups is 1. The van der Waals surface area contributed by atoms with Crippen LogP contribution >= 0.6 is 24.8 Å². The normalized spacial score (nSPS) is 19.1. The number of amides is 1. The fraction of sp³-hybridized carbons (Fsp3) is 0.600. The maximum atomic E-state index is 11.9. The summed E-state index contributed by atoms with van der Waals surface area (Å²) in [6.45, 7) is 4.56. The predicted molar refractivity (Wildman–Crippen MR) is 68.7 cm³/mol. The van der Waals surface area contributed by atoms with Crippen molar-refractivity contribution in [2.75, 3.05) is 19.6 Å². The lowest BCUT2D eigenvalue weighted by molar-refractivity contribution is -0.133. The number of piperazine rings is 1. The highest BCUT2D eigenvalue weighted by Gasteiger charge is 2.23. The highest BCUT2D eigenvalue weighted by molar-refractivity contribution is 5.85. The zero-order valence-corrected chi connectivity index (χ0v) is 11.2. The second-order valence-corrected chi connectivity index (χ2v) is 3.81. The van der Waals surface area contributed by atoms with Crippen LogP contribution in [0.5, 0.6) is 0 Å². The highest BCUT2D eigenvalue weighted by atomic mass is 35.5. The molecule has 1 fully saturated rings. The summed E-state index contributed by atoms with van der Waals surface area (Å²) in [5, 5.41) is 6.99. The van der Waals surface area contributed by atoms with E-state index in [0.717, 1.165) is 19.6 Å². The first-order chi connectivity index (χ1) is 7.27. The molecule has 1 aromatic heterocycles. The molecule has 1 aromatic rings. The minimum absolute atomic E-state index is 0. The maximum absolute atomic E-state index is 11.9. The topological polar surface area (TPSA) is 58.4 Å². The average Bonchev–Trinajstić information content (AvgIpc) is 2.71. The molecule has 17 heavy (non-hydrogen) atoms. The molecule has 0 saturated carbocycles. The molecule has 5 nitrogen and oxygen atoms in total. The van der Waals surface area contributed by atoms with E-state index in [1.807, 2.05) is 11.8 Å². The summed E-state index contributed by atoms with van der Waals surface area (Å²) in [7, 11) is 0. The Balaban J connectivity index is 0.00000128. The van der Waals surface area contributed by atoms with Crippen molar-refractivity contribution in [2.45, 2.75) is 19.4 Å². The van der Waals surface area contributed by atoms with Gasteiger partial charge in [0.15, 0.2) is 0 Å². The predicted octanol–water partition coefficient (Wildman–Crippen LogP) is 0.881. The average molecular weight is 282 g/mol. The van der Waals surface area contributed by atoms with Crippen molar-refractivity contribution >= 4 is 30.7 Å². The van der Waals surface area contributed by atoms with E-state index in [-0.39, 0.29) is 36.8 Å². The van der Waals surface area contributed by atoms with Crippen LogP contribution in [-0.2, 0) is 11.2 Å². The molecule has 0 bridgehead atoms. The van der Waals surface area contributed by atoms with Gasteiger partial charge in [0.1, 0.15) is 6.26 Å². The second kappa shape index (κ2) is 7.53. The molecule has 1 atom stereocenters. The molecular weight excluding hydrogens is 265 g/mol. The van der Waals surface area contributed by atoms with Gasteiger partial charge in [-0.15, -0.1) is 24.8 Å². The van der Waals surface area contributed by atoms with Gasteiger partial charge in [0.25, 0.3) is 0 Å². The molecule has 1 N–H and O–H groups in total. The first kappa shape index (κ1) is 16.2. The van der Waals surface area contributed by atoms with Gasteiger partial charge in [0.2, 0.25) is 5.91 Å². The Labute approximate surface area is 113 Å². The second-order valence-electron chi connectivity index (χ2n) is 3.81. The van der Waals surface area contributed by atoms with Crippen molar-refractivity contribution in [3.05, 3.63) is 18.0 Å². The lowest BCUT2D eigenvalue weighted by Crippen LogP contribution is -2.52. The summed E-state index contributed by atoms with van der Waals surface area (Å²) >= 11 is 0. The Morgan fingerprint density at radius 2 is 2.41 bits per heavy atom. The standard InChI is InChI=1S/C10H15N3O2.2ClH/c1-8-7-11-3-4-13(8)10(14)6-9-2-5-15-12-9;;/h2,5,8,11H,3-4,6-7H2,1H3;2*1H/t8-;;/m1../s1. The van der Waals surface area contributed by atoms with Gasteiger partial charge in [-0.2, -0.15) is 0 Å². The summed E-state index contributed by atoms with van der Waals surface area (Å²) in [5.74, 6) is 0.123. The lowest BCUT2D eigenvalue weighted by Gasteiger charge is -2.33. The van der Waals surface area contributed by atoms with E-state index in [0.29, 0.717) is 12.1 Å². The minimum Gasteiger partial charge on any atom is -0.364 e. The van der Waals surface area contributed by atoms with Crippen LogP contribution in [0.15, 0.2) is 16.9 Å². The van der Waals surface area contributed by atoms with E-state index in [1.165, 1.54) is 6.26 Å². The molecule has 0 spiro atoms. The van der Waals surface area contributed by atoms with E-state index in [1.54, 1.807) is 6.07 Å². The summed E-state index contributed by atoms with van der Waals surface area (Å²) in [6.07, 6.45) is 1.82. The minimum atomic E-state index is 0. The van der Waals surface area contributed by atoms with Crippen LogP contribution in [-0.4, -0.2) is 41.6 Å². The monoisotopic (exact) mass is 281 g/mol. The fourth-order valence-corrected chi connectivity index (χ4v) is 1.80. The van der Waals surface area contributed by atoms with Crippen LogP contribution in [0.3, 0.4) is 0 Å². The molecule has 1 aliphatic heterocycles. The number of nitrogens with zero attached hydrogens (tertiary/aromatic N) is 2. The summed E-state index contributed by atoms with van der Waals surface area (Å²) in [4.78, 5) is 13.8. The van der Waals surface area contributed by atoms with Gasteiger partial charge in [-0.05, 0) is 6.92 Å². The van der Waals surface area contributed by atoms with Gasteiger partial charge in [-0.3, -0.25) is 4.79 Å². The van der Waals surface area contributed by atoms with E-state index in [9.17, 15) is 4.79 Å². The van der Waals surface area contributed by atoms with Gasteiger partial charge < -0.3 is 14.7 Å². The Kier molecular flexibility index (Phi) is 7.18. The van der Waals surface area contributed by atoms with Gasteiger partial charge in [-0.1, -0.05) is 5.16 Å². The van der Waals surface area contributed by atoms with E-state index >= 15 is 0 Å². The Hall–Kier alpha value is -0.780. The van der Waals surface area contributed by atoms with Gasteiger partial charge in [-0.25, -0.2) is 0 Å². The van der Waals surface area contributed by atoms with Crippen LogP contribution in [0.4, 0.5) is 0 Å². The molecule has 0 unspecified atom stereocenters. The van der Waals surface area contributed by atoms with Gasteiger partial charge in [0.05, 0.1) is 12.1 Å². The van der Waals surface area contributed by atoms with Gasteiger partial charge in [0, 0.05) is 31.7 Å². The van der Waals surface area contributed by atoms with Crippen molar-refractivity contribution in [1.29, 1.82) is 0 Å². The Morgan fingerprint density at radius 1 is 1.65 bits per heavy atom. The number of hydrogen-bond donors (Lipinski definition) is 1. The zero-order chi connectivity index (χ0) is 10.7. The molecule has 0 aliphatic carbocycles. The summed E-state index contributed by atoms with van der Waals surface area (Å²) < 4.78 is 4.70. The summed E-state index contributed by atoms with van der Waals surface area (Å²) in [5.41, 5.74) is 0.700. The first-order valence-corrected chi connectivity index (χ1v) is 5.17. The number of hydrogen-bond acceptors (Lipinski definition) is 4. The molecule has 1 amide bonds. The maximum Gasteiger partial charge on any atom is 0.229 e. The van der Waals surface area contributed by atoms with Gasteiger partial charge >= 0.3 is 0 Å². The third-order valence-corrected chi connectivity index (χ3v) is 2.65. The van der Waals surface area contributed by atoms with E-state index in [4.69, 9.17) is 4.52 Å². The van der Waals surface area contributed by atoms with Crippen LogP contribution in [0.25, 0.3) is 0 Å². The quantitative estimate of drug-likeness (QED) is 0.875. The molecule has 1 aliphatic rings. The largest absolute Gasteiger partial charge is 0.364 e. The van der Waals surface area contributed by atoms with Crippen molar-refractivity contribution in [3.8, 4) is 0 Å². The molecule has 1 saturated heterocycles. The SMILES string of the molecule is C[C@@H]1CNCCN1C(=O)Cc1ccon1.Cl.Cl. The molecule has 0 aromatic carbocycles. The number of rotatable bonds is 2. The third kappa shape index (κ3) is 4.18. The van der Waals surface area contributed by atoms with E-state index in [2.05, 4.69) is 10.5 Å². The third-order valence-electron chi connectivity index (χ3n) is 2.65. The molecule has 7 heteroatoms. The zero-order valence-electron chi connectivity index (χ0n) is 9.59. The van der Waals surface area contributed by atoms with Crippen molar-refractivity contribution in [3.63, 3.8) is 0 Å². The Morgan fingerprint density at radius 3 is 3.00 bits per heavy atom. The fourth-order valence-electron chi connectivity index (χ4n) is 1.80. The van der Waals surface area contributed by atoms with Crippen LogP contribution in [0.1, 0.15) is 12.6 Å². The number of aromatic nitrogens is 1. The lowest BCUT2D eigenvalue weighted by atomic mass is 10.2. The summed E-state index contributed by atoms with van der Waals surface area (Å²) in [6, 6.07) is 1.99. The highest BCUT2D eigenvalue weighted by Crippen LogP contribution is 2.06. The van der Waals surface area contributed by atoms with Crippen LogP contribution < -0.4 is 5.32 Å². The number of nitrogens with one attached hydrogen (secondary N) is 1. The number of carbonyl (C=O) groups excluding carboxylic acids is 1. The molecular formula is C10H17Cl2N3O2. The van der Waals surface area contributed by atoms with Crippen LogP contribution in [0, 0.1) is 0 Å². The molecule has 98 valence electrons. The molecule has 0 radical (unpaired) electrons. The molecule has 2 rings (SSSR count). The van der Waals surface area contributed by atoms with Crippen molar-refractivity contribution in [1.82, 2.24) is 15.4 Å². The van der Waals surface area contributed by atoms with Crippen LogP contribution in [0.2, 0.25) is 0 Å². The molecule has 2 heterocycles. The first-order valence-electron chi connectivity index (χ1n) is 5.17. The van der Waals surface area contributed by atoms with Crippen molar-refractivity contribution < 1.29 is 9.32 Å². The van der Waals surface area contributed by atoms with Crippen molar-refractivity contribution in [2.24, 2.45) is 0 Å². The number of halogens is 2. The Bertz CT molecular complexity index is 332. The smallest absolute Gasteiger partial charge is 0.229 e. The van der Waals surface area contributed by atoms with E-state index < -0.39 is 0 Å².